The highest BCUT2D eigenvalue weighted by Crippen LogP contribution is 2.68. The van der Waals surface area contributed by atoms with Crippen molar-refractivity contribution in [3.63, 3.8) is 0 Å². The zero-order chi connectivity index (χ0) is 15.5. The molecule has 0 atom stereocenters. The molecule has 2 saturated carbocycles. The zero-order valence-electron chi connectivity index (χ0n) is 13.5. The third-order valence-electron chi connectivity index (χ3n) is 6.43. The lowest BCUT2D eigenvalue weighted by atomic mass is 9.94. The largest absolute Gasteiger partial charge is 0.399 e. The van der Waals surface area contributed by atoms with Crippen LogP contribution in [0.25, 0.3) is 0 Å². The number of nitrogens with two attached hydrogens (primary N) is 1. The second kappa shape index (κ2) is 4.25. The number of benzene rings is 1. The molecule has 3 rings (SSSR count). The average molecular weight is 286 g/mol. The lowest BCUT2D eigenvalue weighted by molar-refractivity contribution is -0.123. The normalized spacial score (nSPS) is 24.4. The second-order valence-electron chi connectivity index (χ2n) is 7.91. The third kappa shape index (κ3) is 2.05. The Kier molecular flexibility index (Phi) is 2.92. The molecule has 0 unspecified atom stereocenters. The van der Waals surface area contributed by atoms with Gasteiger partial charge in [-0.05, 0) is 47.3 Å². The average Bonchev–Trinajstić information content (AvgIpc) is 3.27. The lowest BCUT2D eigenvalue weighted by Crippen LogP contribution is -2.36. The monoisotopic (exact) mass is 286 g/mol. The van der Waals surface area contributed by atoms with Crippen LogP contribution < -0.4 is 11.1 Å². The summed E-state index contributed by atoms with van der Waals surface area (Å²) in [6.45, 7) is 9.94. The Hall–Kier alpha value is -1.51. The van der Waals surface area contributed by atoms with Crippen molar-refractivity contribution in [3.05, 3.63) is 29.8 Å². The summed E-state index contributed by atoms with van der Waals surface area (Å²) in [6, 6.07) is 7.76. The molecule has 1 aromatic rings. The zero-order valence-corrected chi connectivity index (χ0v) is 13.5. The molecular weight excluding hydrogens is 260 g/mol. The Morgan fingerprint density at radius 2 is 1.67 bits per heavy atom. The maximum Gasteiger partial charge on any atom is 0.230 e. The van der Waals surface area contributed by atoms with E-state index in [1.807, 2.05) is 24.3 Å². The van der Waals surface area contributed by atoms with Gasteiger partial charge in [-0.15, -0.1) is 0 Å². The van der Waals surface area contributed by atoms with Gasteiger partial charge in [-0.3, -0.25) is 4.79 Å². The molecule has 0 bridgehead atoms. The van der Waals surface area contributed by atoms with Crippen LogP contribution in [-0.2, 0) is 10.2 Å². The van der Waals surface area contributed by atoms with Crippen LogP contribution in [0.2, 0.25) is 0 Å². The van der Waals surface area contributed by atoms with E-state index in [0.717, 1.165) is 30.6 Å². The Balaban J connectivity index is 1.65. The fourth-order valence-electron chi connectivity index (χ4n) is 3.78. The van der Waals surface area contributed by atoms with Gasteiger partial charge >= 0.3 is 0 Å². The number of nitrogens with one attached hydrogen (secondary N) is 1. The predicted octanol–water partition coefficient (Wildman–Crippen LogP) is 3.10. The maximum absolute atomic E-state index is 12.6. The highest BCUT2D eigenvalue weighted by atomic mass is 16.2. The number of hydrogen-bond acceptors (Lipinski definition) is 2. The number of rotatable bonds is 4. The van der Waals surface area contributed by atoms with Gasteiger partial charge in [0.1, 0.15) is 0 Å². The molecule has 3 nitrogen and oxygen atoms in total. The molecule has 3 heteroatoms. The fraction of sp³-hybridized carbons (Fsp3) is 0.611. The Morgan fingerprint density at radius 3 is 2.10 bits per heavy atom. The predicted molar refractivity (Wildman–Crippen MR) is 85.8 cm³/mol. The van der Waals surface area contributed by atoms with Crippen molar-refractivity contribution in [1.29, 1.82) is 0 Å². The highest BCUT2D eigenvalue weighted by molar-refractivity contribution is 5.91. The van der Waals surface area contributed by atoms with Crippen molar-refractivity contribution < 1.29 is 4.79 Å². The Labute approximate surface area is 127 Å². The molecule has 114 valence electrons. The van der Waals surface area contributed by atoms with E-state index in [0.29, 0.717) is 16.7 Å². The summed E-state index contributed by atoms with van der Waals surface area (Å²) in [5.41, 5.74) is 7.92. The third-order valence-corrected chi connectivity index (χ3v) is 6.43. The minimum absolute atomic E-state index is 0.186. The molecule has 0 aliphatic heterocycles. The van der Waals surface area contributed by atoms with Gasteiger partial charge in [-0.1, -0.05) is 39.8 Å². The Bertz CT molecular complexity index is 553. The molecule has 21 heavy (non-hydrogen) atoms. The van der Waals surface area contributed by atoms with E-state index in [1.165, 1.54) is 0 Å². The summed E-state index contributed by atoms with van der Waals surface area (Å²) in [6.07, 6.45) is 1.89. The molecule has 0 spiro atoms. The van der Waals surface area contributed by atoms with Gasteiger partial charge in [0, 0.05) is 12.2 Å². The number of carbonyl (C=O) groups is 1. The fourth-order valence-corrected chi connectivity index (χ4v) is 3.78. The summed E-state index contributed by atoms with van der Waals surface area (Å²) < 4.78 is 0. The lowest BCUT2D eigenvalue weighted by Gasteiger charge is -2.16. The van der Waals surface area contributed by atoms with Crippen LogP contribution in [0.3, 0.4) is 0 Å². The topological polar surface area (TPSA) is 55.1 Å². The molecule has 2 fully saturated rings. The van der Waals surface area contributed by atoms with E-state index in [9.17, 15) is 4.79 Å². The molecule has 0 aromatic heterocycles. The molecular formula is C18H26N2O. The molecule has 2 aliphatic carbocycles. The standard InChI is InChI=1S/C18H26N2O/c1-16(2)14(17(16,3)4)11-20-15(21)18(9-10-18)12-5-7-13(19)8-6-12/h5-8,14H,9-11,19H2,1-4H3,(H,20,21). The number of hydrogen-bond donors (Lipinski definition) is 2. The van der Waals surface area contributed by atoms with Gasteiger partial charge < -0.3 is 11.1 Å². The van der Waals surface area contributed by atoms with Crippen molar-refractivity contribution in [2.75, 3.05) is 12.3 Å². The smallest absolute Gasteiger partial charge is 0.230 e. The maximum atomic E-state index is 12.6. The molecule has 3 N–H and O–H groups in total. The van der Waals surface area contributed by atoms with Gasteiger partial charge in [-0.2, -0.15) is 0 Å². The van der Waals surface area contributed by atoms with Gasteiger partial charge in [-0.25, -0.2) is 0 Å². The van der Waals surface area contributed by atoms with E-state index >= 15 is 0 Å². The summed E-state index contributed by atoms with van der Waals surface area (Å²) in [4.78, 5) is 12.6. The molecule has 1 aromatic carbocycles. The Morgan fingerprint density at radius 1 is 1.14 bits per heavy atom. The van der Waals surface area contributed by atoms with Crippen LogP contribution in [0.4, 0.5) is 5.69 Å². The van der Waals surface area contributed by atoms with Crippen molar-refractivity contribution in [1.82, 2.24) is 5.32 Å². The second-order valence-corrected chi connectivity index (χ2v) is 7.91. The van der Waals surface area contributed by atoms with Gasteiger partial charge in [0.15, 0.2) is 0 Å². The number of anilines is 1. The van der Waals surface area contributed by atoms with Crippen LogP contribution in [0, 0.1) is 16.7 Å². The van der Waals surface area contributed by atoms with Crippen LogP contribution in [0.15, 0.2) is 24.3 Å². The summed E-state index contributed by atoms with van der Waals surface area (Å²) in [5, 5.41) is 3.20. The van der Waals surface area contributed by atoms with E-state index in [1.54, 1.807) is 0 Å². The van der Waals surface area contributed by atoms with Crippen molar-refractivity contribution in [2.24, 2.45) is 16.7 Å². The number of nitrogen functional groups attached to an aromatic ring is 1. The first kappa shape index (κ1) is 14.4. The van der Waals surface area contributed by atoms with Gasteiger partial charge in [0.2, 0.25) is 5.91 Å². The van der Waals surface area contributed by atoms with Crippen LogP contribution in [0.5, 0.6) is 0 Å². The van der Waals surface area contributed by atoms with E-state index in [2.05, 4.69) is 33.0 Å². The van der Waals surface area contributed by atoms with Crippen molar-refractivity contribution in [2.45, 2.75) is 46.0 Å². The van der Waals surface area contributed by atoms with Crippen LogP contribution in [0.1, 0.15) is 46.1 Å². The highest BCUT2D eigenvalue weighted by Gasteiger charge is 2.64. The van der Waals surface area contributed by atoms with Gasteiger partial charge in [0.05, 0.1) is 5.41 Å². The van der Waals surface area contributed by atoms with Gasteiger partial charge in [0.25, 0.3) is 0 Å². The first-order chi connectivity index (χ1) is 9.72. The molecule has 0 radical (unpaired) electrons. The van der Waals surface area contributed by atoms with Crippen molar-refractivity contribution >= 4 is 11.6 Å². The first-order valence-corrected chi connectivity index (χ1v) is 7.86. The molecule has 1 amide bonds. The summed E-state index contributed by atoms with van der Waals surface area (Å²) >= 11 is 0. The molecule has 2 aliphatic rings. The van der Waals surface area contributed by atoms with E-state index < -0.39 is 0 Å². The number of carbonyl (C=O) groups excluding carboxylic acids is 1. The van der Waals surface area contributed by atoms with E-state index in [-0.39, 0.29) is 11.3 Å². The summed E-state index contributed by atoms with van der Waals surface area (Å²) in [5.74, 6) is 0.752. The number of amides is 1. The summed E-state index contributed by atoms with van der Waals surface area (Å²) in [7, 11) is 0. The van der Waals surface area contributed by atoms with Crippen LogP contribution in [-0.4, -0.2) is 12.5 Å². The molecule has 0 saturated heterocycles. The quantitative estimate of drug-likeness (QED) is 0.836. The van der Waals surface area contributed by atoms with Crippen LogP contribution >= 0.6 is 0 Å². The molecule has 0 heterocycles. The minimum Gasteiger partial charge on any atom is -0.399 e. The van der Waals surface area contributed by atoms with Crippen molar-refractivity contribution in [3.8, 4) is 0 Å². The minimum atomic E-state index is -0.295. The van der Waals surface area contributed by atoms with E-state index in [4.69, 9.17) is 5.73 Å². The SMILES string of the molecule is CC1(C)C(CNC(=O)C2(c3ccc(N)cc3)CC2)C1(C)C. The first-order valence-electron chi connectivity index (χ1n) is 7.86.